The van der Waals surface area contributed by atoms with Gasteiger partial charge in [0.15, 0.2) is 0 Å². The van der Waals surface area contributed by atoms with Gasteiger partial charge >= 0.3 is 5.97 Å². The second kappa shape index (κ2) is 9.57. The van der Waals surface area contributed by atoms with E-state index >= 15 is 0 Å². The molecule has 0 aliphatic carbocycles. The maximum Gasteiger partial charge on any atom is 0.324 e. The summed E-state index contributed by atoms with van der Waals surface area (Å²) in [4.78, 5) is 12.1. The Hall–Kier alpha value is -2.58. The molecule has 0 aliphatic rings. The first-order valence-corrected chi connectivity index (χ1v) is 10.2. The van der Waals surface area contributed by atoms with Crippen molar-refractivity contribution in [3.63, 3.8) is 0 Å². The fourth-order valence-electron chi connectivity index (χ4n) is 2.54. The summed E-state index contributed by atoms with van der Waals surface area (Å²) in [5, 5.41) is 0. The Kier molecular flexibility index (Phi) is 7.42. The maximum atomic E-state index is 12.4. The smallest absolute Gasteiger partial charge is 0.324 e. The molecule has 7 nitrogen and oxygen atoms in total. The summed E-state index contributed by atoms with van der Waals surface area (Å²) in [5.74, 6) is 0.615. The van der Waals surface area contributed by atoms with E-state index in [0.717, 1.165) is 16.9 Å². The van der Waals surface area contributed by atoms with Gasteiger partial charge in [-0.2, -0.15) is 4.72 Å². The summed E-state index contributed by atoms with van der Waals surface area (Å²) in [5.41, 5.74) is 1.99. The van der Waals surface area contributed by atoms with Gasteiger partial charge in [0.1, 0.15) is 30.8 Å². The van der Waals surface area contributed by atoms with Crippen molar-refractivity contribution in [3.05, 3.63) is 53.6 Å². The van der Waals surface area contributed by atoms with Crippen molar-refractivity contribution in [2.45, 2.75) is 31.7 Å². The molecule has 2 rings (SSSR count). The van der Waals surface area contributed by atoms with Crippen molar-refractivity contribution in [1.82, 2.24) is 4.72 Å². The molecular formula is C20H25NO6S. The molecule has 0 saturated carbocycles. The van der Waals surface area contributed by atoms with Crippen LogP contribution in [-0.4, -0.2) is 40.8 Å². The van der Waals surface area contributed by atoms with Gasteiger partial charge in [-0.1, -0.05) is 18.2 Å². The van der Waals surface area contributed by atoms with E-state index in [1.807, 2.05) is 32.0 Å². The van der Waals surface area contributed by atoms with Gasteiger partial charge in [0, 0.05) is 0 Å². The van der Waals surface area contributed by atoms with Gasteiger partial charge in [-0.3, -0.25) is 4.79 Å². The van der Waals surface area contributed by atoms with Crippen LogP contribution < -0.4 is 14.2 Å². The van der Waals surface area contributed by atoms with E-state index in [1.165, 1.54) is 38.3 Å². The lowest BCUT2D eigenvalue weighted by atomic mass is 10.1. The summed E-state index contributed by atoms with van der Waals surface area (Å²) in [6.07, 6.45) is 0. The second-order valence-corrected chi connectivity index (χ2v) is 7.97. The maximum absolute atomic E-state index is 12.4. The number of benzene rings is 2. The number of methoxy groups -OCH3 is 1. The molecule has 0 heterocycles. The summed E-state index contributed by atoms with van der Waals surface area (Å²) >= 11 is 0. The number of hydrogen-bond donors (Lipinski definition) is 1. The average molecular weight is 407 g/mol. The first kappa shape index (κ1) is 21.7. The van der Waals surface area contributed by atoms with Crippen molar-refractivity contribution in [1.29, 1.82) is 0 Å². The van der Waals surface area contributed by atoms with Gasteiger partial charge in [0.05, 0.1) is 12.0 Å². The van der Waals surface area contributed by atoms with Crippen LogP contribution in [0.3, 0.4) is 0 Å². The molecule has 0 amide bonds. The van der Waals surface area contributed by atoms with E-state index in [1.54, 1.807) is 0 Å². The number of hydrogen-bond acceptors (Lipinski definition) is 6. The normalized spacial score (nSPS) is 12.3. The number of aryl methyl sites for hydroxylation is 2. The molecule has 1 N–H and O–H groups in total. The highest BCUT2D eigenvalue weighted by molar-refractivity contribution is 7.89. The van der Waals surface area contributed by atoms with Crippen LogP contribution in [0.2, 0.25) is 0 Å². The zero-order chi connectivity index (χ0) is 20.7. The first-order valence-electron chi connectivity index (χ1n) is 8.76. The fourth-order valence-corrected chi connectivity index (χ4v) is 3.73. The molecule has 0 spiro atoms. The lowest BCUT2D eigenvalue weighted by Gasteiger charge is -2.15. The molecule has 0 aromatic heterocycles. The predicted octanol–water partition coefficient (Wildman–Crippen LogP) is 2.60. The average Bonchev–Trinajstić information content (AvgIpc) is 2.66. The Balaban J connectivity index is 1.85. The standard InChI is InChI=1S/C20H25NO6S/c1-14-6-5-7-15(2)19(14)26-12-13-27-20(22)16(3)21-28(23,24)18-10-8-17(25-4)9-11-18/h5-11,16,21H,12-13H2,1-4H3. The minimum atomic E-state index is -3.85. The number of nitrogens with one attached hydrogen (secondary N) is 1. The largest absolute Gasteiger partial charge is 0.497 e. The predicted molar refractivity (Wildman–Crippen MR) is 105 cm³/mol. The lowest BCUT2D eigenvalue weighted by Crippen LogP contribution is -2.39. The SMILES string of the molecule is COc1ccc(S(=O)(=O)NC(C)C(=O)OCCOc2c(C)cccc2C)cc1. The van der Waals surface area contributed by atoms with Crippen LogP contribution in [-0.2, 0) is 19.6 Å². The van der Waals surface area contributed by atoms with Crippen LogP contribution in [0.25, 0.3) is 0 Å². The number of para-hydroxylation sites is 1. The van der Waals surface area contributed by atoms with Gasteiger partial charge < -0.3 is 14.2 Å². The van der Waals surface area contributed by atoms with Gasteiger partial charge in [-0.05, 0) is 56.2 Å². The lowest BCUT2D eigenvalue weighted by molar-refractivity contribution is -0.145. The first-order chi connectivity index (χ1) is 13.2. The van der Waals surface area contributed by atoms with Crippen LogP contribution in [0.5, 0.6) is 11.5 Å². The third-order valence-corrected chi connectivity index (χ3v) is 5.59. The van der Waals surface area contributed by atoms with Crippen LogP contribution >= 0.6 is 0 Å². The van der Waals surface area contributed by atoms with Crippen molar-refractivity contribution in [2.75, 3.05) is 20.3 Å². The van der Waals surface area contributed by atoms with Gasteiger partial charge in [-0.15, -0.1) is 0 Å². The summed E-state index contributed by atoms with van der Waals surface area (Å²) in [6.45, 7) is 5.49. The molecule has 2 aromatic carbocycles. The highest BCUT2D eigenvalue weighted by Gasteiger charge is 2.23. The molecule has 8 heteroatoms. The van der Waals surface area contributed by atoms with Crippen LogP contribution in [0.4, 0.5) is 0 Å². The Morgan fingerprint density at radius 2 is 1.64 bits per heavy atom. The number of sulfonamides is 1. The highest BCUT2D eigenvalue weighted by Crippen LogP contribution is 2.22. The van der Waals surface area contributed by atoms with Gasteiger partial charge in [0.25, 0.3) is 0 Å². The quantitative estimate of drug-likeness (QED) is 0.508. The number of esters is 1. The summed E-state index contributed by atoms with van der Waals surface area (Å²) in [6, 6.07) is 10.6. The topological polar surface area (TPSA) is 90.9 Å². The Bertz CT molecular complexity index is 889. The van der Waals surface area contributed by atoms with Crippen molar-refractivity contribution in [2.24, 2.45) is 0 Å². The van der Waals surface area contributed by atoms with E-state index < -0.39 is 22.0 Å². The molecule has 0 aliphatic heterocycles. The molecule has 0 radical (unpaired) electrons. The molecule has 1 atom stereocenters. The zero-order valence-corrected chi connectivity index (χ0v) is 17.2. The third kappa shape index (κ3) is 5.71. The van der Waals surface area contributed by atoms with E-state index in [2.05, 4.69) is 4.72 Å². The van der Waals surface area contributed by atoms with E-state index in [4.69, 9.17) is 14.2 Å². The number of rotatable bonds is 9. The van der Waals surface area contributed by atoms with Crippen LogP contribution in [0.15, 0.2) is 47.4 Å². The van der Waals surface area contributed by atoms with Crippen molar-refractivity contribution < 1.29 is 27.4 Å². The Labute approximate surface area is 165 Å². The minimum absolute atomic E-state index is 0.0151. The zero-order valence-electron chi connectivity index (χ0n) is 16.4. The summed E-state index contributed by atoms with van der Waals surface area (Å²) < 4.78 is 42.8. The molecule has 152 valence electrons. The number of ether oxygens (including phenoxy) is 3. The van der Waals surface area contributed by atoms with Gasteiger partial charge in [-0.25, -0.2) is 8.42 Å². The minimum Gasteiger partial charge on any atom is -0.497 e. The monoisotopic (exact) mass is 407 g/mol. The fraction of sp³-hybridized carbons (Fsp3) is 0.350. The van der Waals surface area contributed by atoms with Crippen molar-refractivity contribution in [3.8, 4) is 11.5 Å². The molecule has 0 fully saturated rings. The summed E-state index contributed by atoms with van der Waals surface area (Å²) in [7, 11) is -2.36. The number of carbonyl (C=O) groups is 1. The van der Waals surface area contributed by atoms with Gasteiger partial charge in [0.2, 0.25) is 10.0 Å². The van der Waals surface area contributed by atoms with Crippen LogP contribution in [0.1, 0.15) is 18.1 Å². The van der Waals surface area contributed by atoms with E-state index in [-0.39, 0.29) is 18.1 Å². The molecule has 0 saturated heterocycles. The Morgan fingerprint density at radius 3 is 2.21 bits per heavy atom. The highest BCUT2D eigenvalue weighted by atomic mass is 32.2. The Morgan fingerprint density at radius 1 is 1.04 bits per heavy atom. The second-order valence-electron chi connectivity index (χ2n) is 6.26. The molecule has 1 unspecified atom stereocenters. The molecule has 0 bridgehead atoms. The molecule has 2 aromatic rings. The van der Waals surface area contributed by atoms with E-state index in [0.29, 0.717) is 5.75 Å². The van der Waals surface area contributed by atoms with Crippen LogP contribution in [0, 0.1) is 13.8 Å². The number of carbonyl (C=O) groups excluding carboxylic acids is 1. The third-order valence-electron chi connectivity index (χ3n) is 4.04. The van der Waals surface area contributed by atoms with Crippen molar-refractivity contribution >= 4 is 16.0 Å². The molecule has 28 heavy (non-hydrogen) atoms. The van der Waals surface area contributed by atoms with E-state index in [9.17, 15) is 13.2 Å². The molecular weight excluding hydrogens is 382 g/mol.